The minimum atomic E-state index is 1.31. The van der Waals surface area contributed by atoms with Crippen LogP contribution in [0.2, 0.25) is 0 Å². The van der Waals surface area contributed by atoms with Crippen LogP contribution in [0.25, 0.3) is 10.8 Å². The zero-order valence-electron chi connectivity index (χ0n) is 14.2. The van der Waals surface area contributed by atoms with Crippen LogP contribution in [0.5, 0.6) is 0 Å². The maximum Gasteiger partial charge on any atom is -0.0184 e. The molecule has 24 heavy (non-hydrogen) atoms. The van der Waals surface area contributed by atoms with Gasteiger partial charge in [0.1, 0.15) is 0 Å². The van der Waals surface area contributed by atoms with Gasteiger partial charge in [0.2, 0.25) is 0 Å². The zero-order valence-corrected chi connectivity index (χ0v) is 14.2. The first-order valence-corrected chi connectivity index (χ1v) is 7.70. The zero-order chi connectivity index (χ0) is 17.9. The van der Waals surface area contributed by atoms with Crippen molar-refractivity contribution in [3.05, 3.63) is 136 Å². The molecule has 0 fully saturated rings. The van der Waals surface area contributed by atoms with Crippen LogP contribution < -0.4 is 0 Å². The van der Waals surface area contributed by atoms with Gasteiger partial charge in [0.15, 0.2) is 0 Å². The number of hydrogen-bond acceptors (Lipinski definition) is 0. The van der Waals surface area contributed by atoms with Gasteiger partial charge in [-0.1, -0.05) is 136 Å². The largest absolute Gasteiger partial charge is 0.0991 e. The molecule has 0 aliphatic heterocycles. The highest BCUT2D eigenvalue weighted by Crippen LogP contribution is 2.11. The summed E-state index contributed by atoms with van der Waals surface area (Å²) in [6.45, 7) is 13.4. The van der Waals surface area contributed by atoms with E-state index in [-0.39, 0.29) is 0 Å². The highest BCUT2D eigenvalue weighted by atomic mass is 13.9. The van der Waals surface area contributed by atoms with Crippen LogP contribution in [0.15, 0.2) is 136 Å². The van der Waals surface area contributed by atoms with Crippen molar-refractivity contribution >= 4 is 10.8 Å². The third-order valence-corrected chi connectivity index (χ3v) is 2.66. The van der Waals surface area contributed by atoms with Crippen LogP contribution in [0.1, 0.15) is 0 Å². The lowest BCUT2D eigenvalue weighted by Crippen LogP contribution is -1.67. The second kappa shape index (κ2) is 16.3. The van der Waals surface area contributed by atoms with Gasteiger partial charge in [-0.25, -0.2) is 0 Å². The number of allylic oxidation sites excluding steroid dienone is 4. The molecule has 0 unspecified atom stereocenters. The maximum atomic E-state index is 3.36. The average molecular weight is 314 g/mol. The van der Waals surface area contributed by atoms with Crippen LogP contribution in [0.4, 0.5) is 0 Å². The summed E-state index contributed by atoms with van der Waals surface area (Å²) in [5.41, 5.74) is 0. The fourth-order valence-electron chi connectivity index (χ4n) is 1.52. The third-order valence-electron chi connectivity index (χ3n) is 2.66. The van der Waals surface area contributed by atoms with Crippen LogP contribution in [-0.4, -0.2) is 0 Å². The quantitative estimate of drug-likeness (QED) is 0.437. The van der Waals surface area contributed by atoms with E-state index in [1.165, 1.54) is 10.8 Å². The molecule has 3 aromatic carbocycles. The topological polar surface area (TPSA) is 0 Å². The van der Waals surface area contributed by atoms with Gasteiger partial charge in [0, 0.05) is 0 Å². The molecule has 0 atom stereocenters. The van der Waals surface area contributed by atoms with E-state index in [1.807, 2.05) is 36.4 Å². The van der Waals surface area contributed by atoms with Crippen molar-refractivity contribution in [2.75, 3.05) is 0 Å². The van der Waals surface area contributed by atoms with Crippen LogP contribution in [-0.2, 0) is 0 Å². The van der Waals surface area contributed by atoms with Crippen molar-refractivity contribution in [1.82, 2.24) is 0 Å². The summed E-state index contributed by atoms with van der Waals surface area (Å²) < 4.78 is 0. The number of hydrogen-bond donors (Lipinski definition) is 0. The first-order valence-electron chi connectivity index (χ1n) is 7.70. The molecule has 0 aliphatic rings. The molecule has 0 N–H and O–H groups in total. The fourth-order valence-corrected chi connectivity index (χ4v) is 1.52. The van der Waals surface area contributed by atoms with Gasteiger partial charge in [-0.15, -0.1) is 0 Å². The lowest BCUT2D eigenvalue weighted by atomic mass is 10.1. The van der Waals surface area contributed by atoms with Crippen molar-refractivity contribution < 1.29 is 0 Å². The van der Waals surface area contributed by atoms with Gasteiger partial charge in [-0.05, 0) is 10.8 Å². The molecule has 0 aromatic heterocycles. The summed E-state index contributed by atoms with van der Waals surface area (Å²) in [5, 5.41) is 2.62. The predicted octanol–water partition coefficient (Wildman–Crippen LogP) is 7.24. The maximum absolute atomic E-state index is 3.36. The Morgan fingerprint density at radius 2 is 0.583 bits per heavy atom. The summed E-state index contributed by atoms with van der Waals surface area (Å²) in [4.78, 5) is 0. The summed E-state index contributed by atoms with van der Waals surface area (Å²) in [5.74, 6) is 0. The summed E-state index contributed by atoms with van der Waals surface area (Å²) in [6.07, 6.45) is 6.56. The second-order valence-corrected chi connectivity index (χ2v) is 4.44. The summed E-state index contributed by atoms with van der Waals surface area (Å²) in [6, 6.07) is 28.7. The molecule has 3 aromatic rings. The van der Waals surface area contributed by atoms with E-state index in [9.17, 15) is 0 Å². The minimum Gasteiger partial charge on any atom is -0.0991 e. The number of benzene rings is 3. The fraction of sp³-hybridized carbons (Fsp3) is 0. The Kier molecular flexibility index (Phi) is 14.1. The van der Waals surface area contributed by atoms with Crippen molar-refractivity contribution in [2.45, 2.75) is 0 Å². The standard InChI is InChI=1S/C10H8.C6H6.2C4H6/c1-2-6-10-8-4-3-7-9(10)5-1;1-2-4-6-5-3-1;2*1-3-4-2/h1-8H;1-6H;2*3-4H,1-2H2. The molecular weight excluding hydrogens is 288 g/mol. The molecule has 0 spiro atoms. The Balaban J connectivity index is 0.000000326. The lowest BCUT2D eigenvalue weighted by Gasteiger charge is -1.92. The van der Waals surface area contributed by atoms with Crippen LogP contribution in [0.3, 0.4) is 0 Å². The molecule has 0 heterocycles. The third kappa shape index (κ3) is 11.5. The van der Waals surface area contributed by atoms with Crippen LogP contribution >= 0.6 is 0 Å². The monoisotopic (exact) mass is 314 g/mol. The summed E-state index contributed by atoms with van der Waals surface area (Å²) in [7, 11) is 0. The second-order valence-electron chi connectivity index (χ2n) is 4.44. The molecule has 0 bridgehead atoms. The number of fused-ring (bicyclic) bond motifs is 1. The van der Waals surface area contributed by atoms with E-state index in [4.69, 9.17) is 0 Å². The first kappa shape index (κ1) is 20.9. The molecule has 0 aliphatic carbocycles. The normalized spacial score (nSPS) is 7.83. The van der Waals surface area contributed by atoms with Crippen molar-refractivity contribution in [2.24, 2.45) is 0 Å². The highest BCUT2D eigenvalue weighted by molar-refractivity contribution is 5.81. The molecule has 0 saturated heterocycles. The molecule has 0 nitrogen and oxygen atoms in total. The van der Waals surface area contributed by atoms with Gasteiger partial charge in [0.05, 0.1) is 0 Å². The molecule has 0 saturated carbocycles. The van der Waals surface area contributed by atoms with E-state index >= 15 is 0 Å². The van der Waals surface area contributed by atoms with Crippen molar-refractivity contribution in [3.8, 4) is 0 Å². The van der Waals surface area contributed by atoms with E-state index in [0.717, 1.165) is 0 Å². The molecule has 0 amide bonds. The Bertz CT molecular complexity index is 577. The molecule has 122 valence electrons. The van der Waals surface area contributed by atoms with E-state index in [2.05, 4.69) is 74.8 Å². The highest BCUT2D eigenvalue weighted by Gasteiger charge is 1.85. The molecular formula is C24H26. The Labute approximate surface area is 146 Å². The van der Waals surface area contributed by atoms with Crippen LogP contribution in [0, 0.1) is 0 Å². The SMILES string of the molecule is C=CC=C.C=CC=C.c1ccc2ccccc2c1.c1ccccc1. The molecule has 0 radical (unpaired) electrons. The summed E-state index contributed by atoms with van der Waals surface area (Å²) >= 11 is 0. The molecule has 0 heteroatoms. The van der Waals surface area contributed by atoms with Gasteiger partial charge in [-0.3, -0.25) is 0 Å². The lowest BCUT2D eigenvalue weighted by molar-refractivity contribution is 1.72. The number of rotatable bonds is 2. The van der Waals surface area contributed by atoms with Gasteiger partial charge < -0.3 is 0 Å². The smallest absolute Gasteiger partial charge is 0.0184 e. The van der Waals surface area contributed by atoms with E-state index < -0.39 is 0 Å². The van der Waals surface area contributed by atoms with Gasteiger partial charge in [0.25, 0.3) is 0 Å². The minimum absolute atomic E-state index is 1.31. The average Bonchev–Trinajstić information content (AvgIpc) is 2.70. The Hall–Kier alpha value is -3.12. The van der Waals surface area contributed by atoms with Gasteiger partial charge >= 0.3 is 0 Å². The van der Waals surface area contributed by atoms with E-state index in [1.54, 1.807) is 24.3 Å². The molecule has 3 rings (SSSR count). The van der Waals surface area contributed by atoms with E-state index in [0.29, 0.717) is 0 Å². The van der Waals surface area contributed by atoms with Crippen molar-refractivity contribution in [1.29, 1.82) is 0 Å². The predicted molar refractivity (Wildman–Crippen MR) is 111 cm³/mol. The Morgan fingerprint density at radius 3 is 0.750 bits per heavy atom. The van der Waals surface area contributed by atoms with Gasteiger partial charge in [-0.2, -0.15) is 0 Å². The van der Waals surface area contributed by atoms with Crippen molar-refractivity contribution in [3.63, 3.8) is 0 Å². The Morgan fingerprint density at radius 1 is 0.375 bits per heavy atom. The first-order chi connectivity index (χ1) is 11.8.